The Labute approximate surface area is 715 Å². The standard InChI is InChI=1S/C28H46O2.2C27H44O2.C26H42O2/c1-19(2)13-12-14-20(3)15-16-30-22(5)26(29)23-17-24(27(6,7)8)21(4)25(18-23)28(9,10)11;1-19(2)12-11-13-20(3)14-15-29-18-25(28)22-16-23(26(5,6)7)21(4)24(17-22)27(8,9)10;1-19(2)12-11-13-20(3)14-15-29-21(4)25(28)22-16-23(26(5,6)7)18-24(17-22)27(8,9)10;1-19(2)11-10-12-20(3)13-14-28-18-24(27)21-15-22(25(4,5)6)17-23(16-21)26(7,8)9/h13,17-18,20,22H,12,14-16H2,1-11H3;12,16-17,20H,11,13-15,18H2,1-10H3;12,16-18,20-21H,11,13-15H2,1-10H3;11,15-17,20H,10,12-14,18H2,1-9H3/t20-,22?;20-;20-,21?;20-/m0000/s1. The van der Waals surface area contributed by atoms with E-state index in [2.05, 4.69) is 336 Å². The van der Waals surface area contributed by atoms with Gasteiger partial charge in [0, 0.05) is 48.7 Å². The molecular formula is C108H176O8. The molecule has 4 aromatic rings. The summed E-state index contributed by atoms with van der Waals surface area (Å²) >= 11 is 0. The minimum Gasteiger partial charge on any atom is -0.373 e. The van der Waals surface area contributed by atoms with Crippen LogP contribution < -0.4 is 0 Å². The normalized spacial score (nSPS) is 13.9. The summed E-state index contributed by atoms with van der Waals surface area (Å²) in [5.41, 5.74) is 21.0. The maximum absolute atomic E-state index is 13.2. The smallest absolute Gasteiger partial charge is 0.191 e. The maximum Gasteiger partial charge on any atom is 0.191 e. The molecule has 0 aliphatic carbocycles. The van der Waals surface area contributed by atoms with Gasteiger partial charge < -0.3 is 18.9 Å². The Balaban J connectivity index is 0.000000774. The second-order valence-corrected chi connectivity index (χ2v) is 43.7. The lowest BCUT2D eigenvalue weighted by Crippen LogP contribution is -2.25. The number of rotatable bonds is 36. The summed E-state index contributed by atoms with van der Waals surface area (Å²) < 4.78 is 23.4. The van der Waals surface area contributed by atoms with Gasteiger partial charge in [-0.15, -0.1) is 0 Å². The quantitative estimate of drug-likeness (QED) is 0.0252. The molecular weight excluding hydrogens is 1430 g/mol. The highest BCUT2D eigenvalue weighted by molar-refractivity contribution is 6.01. The van der Waals surface area contributed by atoms with E-state index in [9.17, 15) is 19.2 Å². The molecule has 0 radical (unpaired) electrons. The fourth-order valence-electron chi connectivity index (χ4n) is 13.9. The topological polar surface area (TPSA) is 105 Å². The molecule has 0 N–H and O–H groups in total. The predicted octanol–water partition coefficient (Wildman–Crippen LogP) is 30.4. The van der Waals surface area contributed by atoms with Gasteiger partial charge in [0.25, 0.3) is 0 Å². The molecule has 0 heterocycles. The van der Waals surface area contributed by atoms with Crippen LogP contribution in [0.4, 0.5) is 0 Å². The highest BCUT2D eigenvalue weighted by atomic mass is 16.5. The Morgan fingerprint density at radius 1 is 0.284 bits per heavy atom. The molecule has 0 saturated heterocycles. The summed E-state index contributed by atoms with van der Waals surface area (Å²) in [4.78, 5) is 51.9. The average Bonchev–Trinajstić information content (AvgIpc) is 0.787. The zero-order valence-electron chi connectivity index (χ0n) is 82.5. The van der Waals surface area contributed by atoms with Crippen molar-refractivity contribution in [2.24, 2.45) is 23.7 Å². The van der Waals surface area contributed by atoms with Crippen molar-refractivity contribution in [3.05, 3.63) is 185 Å². The number of ketones is 4. The molecule has 0 aliphatic heterocycles. The number of hydrogen-bond donors (Lipinski definition) is 0. The number of hydrogen-bond acceptors (Lipinski definition) is 8. The number of carbonyl (C=O) groups is 4. The Hall–Kier alpha value is -5.64. The lowest BCUT2D eigenvalue weighted by atomic mass is 9.75. The molecule has 4 aromatic carbocycles. The Morgan fingerprint density at radius 2 is 0.491 bits per heavy atom. The van der Waals surface area contributed by atoms with E-state index in [0.717, 1.165) is 73.6 Å². The van der Waals surface area contributed by atoms with Gasteiger partial charge in [-0.1, -0.05) is 253 Å². The first-order valence-electron chi connectivity index (χ1n) is 44.6. The SMILES string of the molecule is CC(C)=CCC[C@H](C)CCOC(C)C(=O)c1cc(C(C)(C)C)c(C)c(C(C)(C)C)c1.CC(C)=CCC[C@H](C)CCOC(C)C(=O)c1cc(C(C)(C)C)cc(C(C)(C)C)c1.CC(C)=CCC[C@H](C)CCOCC(=O)c1cc(C(C)(C)C)c(C)c(C(C)(C)C)c1.CC(C)=CCC[C@H](C)CCOCC(=O)c1cc(C(C)(C)C)cc(C(C)(C)C)c1. The fraction of sp³-hybridized carbons (Fsp3) is 0.667. The van der Waals surface area contributed by atoms with E-state index in [1.807, 2.05) is 26.0 Å². The molecule has 0 bridgehead atoms. The fourth-order valence-corrected chi connectivity index (χ4v) is 13.9. The Kier molecular flexibility index (Phi) is 45.5. The second kappa shape index (κ2) is 48.7. The van der Waals surface area contributed by atoms with E-state index in [1.54, 1.807) is 0 Å². The first-order chi connectivity index (χ1) is 52.9. The van der Waals surface area contributed by atoms with Gasteiger partial charge in [0.15, 0.2) is 23.1 Å². The van der Waals surface area contributed by atoms with Crippen molar-refractivity contribution < 1.29 is 38.1 Å². The average molecular weight is 1600 g/mol. The second-order valence-electron chi connectivity index (χ2n) is 43.7. The van der Waals surface area contributed by atoms with Crippen molar-refractivity contribution in [3.8, 4) is 0 Å². The summed E-state index contributed by atoms with van der Waals surface area (Å²) in [5.74, 6) is 2.75. The zero-order valence-corrected chi connectivity index (χ0v) is 82.5. The highest BCUT2D eigenvalue weighted by Gasteiger charge is 2.31. The molecule has 2 unspecified atom stereocenters. The van der Waals surface area contributed by atoms with Crippen LogP contribution in [0.15, 0.2) is 107 Å². The lowest BCUT2D eigenvalue weighted by molar-refractivity contribution is 0.0434. The molecule has 0 saturated carbocycles. The summed E-state index contributed by atoms with van der Waals surface area (Å²) in [6.07, 6.45) is 21.5. The number of allylic oxidation sites excluding steroid dienone is 8. The zero-order chi connectivity index (χ0) is 89.6. The van der Waals surface area contributed by atoms with Gasteiger partial charge >= 0.3 is 0 Å². The van der Waals surface area contributed by atoms with E-state index in [1.165, 1.54) is 104 Å². The van der Waals surface area contributed by atoms with Gasteiger partial charge in [-0.05, 0) is 331 Å². The van der Waals surface area contributed by atoms with E-state index in [-0.39, 0.29) is 79.7 Å². The van der Waals surface area contributed by atoms with Gasteiger partial charge in [-0.3, -0.25) is 19.2 Å². The molecule has 0 aliphatic rings. The van der Waals surface area contributed by atoms with Crippen molar-refractivity contribution in [1.29, 1.82) is 0 Å². The van der Waals surface area contributed by atoms with Gasteiger partial charge in [0.2, 0.25) is 0 Å². The summed E-state index contributed by atoms with van der Waals surface area (Å²) in [6, 6.07) is 21.0. The largest absolute Gasteiger partial charge is 0.373 e. The van der Waals surface area contributed by atoms with Crippen molar-refractivity contribution in [1.82, 2.24) is 0 Å². The van der Waals surface area contributed by atoms with Crippen molar-refractivity contribution in [2.75, 3.05) is 39.6 Å². The van der Waals surface area contributed by atoms with Gasteiger partial charge in [-0.2, -0.15) is 0 Å². The van der Waals surface area contributed by atoms with Crippen LogP contribution in [0.3, 0.4) is 0 Å². The molecule has 0 amide bonds. The van der Waals surface area contributed by atoms with Crippen molar-refractivity contribution >= 4 is 23.1 Å². The van der Waals surface area contributed by atoms with E-state index in [0.29, 0.717) is 50.1 Å². The summed E-state index contributed by atoms with van der Waals surface area (Å²) in [7, 11) is 0. The van der Waals surface area contributed by atoms with Crippen LogP contribution in [-0.4, -0.2) is 75.0 Å². The lowest BCUT2D eigenvalue weighted by Gasteiger charge is -2.30. The summed E-state index contributed by atoms with van der Waals surface area (Å²) in [5, 5.41) is 0. The van der Waals surface area contributed by atoms with Gasteiger partial charge in [-0.25, -0.2) is 0 Å². The molecule has 0 fully saturated rings. The van der Waals surface area contributed by atoms with Crippen molar-refractivity contribution in [2.45, 2.75) is 410 Å². The van der Waals surface area contributed by atoms with Crippen molar-refractivity contribution in [3.63, 3.8) is 0 Å². The van der Waals surface area contributed by atoms with Crippen LogP contribution in [0.5, 0.6) is 0 Å². The monoisotopic (exact) mass is 1600 g/mol. The van der Waals surface area contributed by atoms with Crippen LogP contribution in [0.2, 0.25) is 0 Å². The van der Waals surface area contributed by atoms with Crippen LogP contribution in [0.1, 0.15) is 437 Å². The van der Waals surface area contributed by atoms with E-state index in [4.69, 9.17) is 18.9 Å². The molecule has 116 heavy (non-hydrogen) atoms. The molecule has 8 nitrogen and oxygen atoms in total. The Morgan fingerprint density at radius 3 is 0.716 bits per heavy atom. The highest BCUT2D eigenvalue weighted by Crippen LogP contribution is 2.39. The van der Waals surface area contributed by atoms with Crippen LogP contribution >= 0.6 is 0 Å². The maximum atomic E-state index is 13.2. The third kappa shape index (κ3) is 42.0. The third-order valence-corrected chi connectivity index (χ3v) is 22.1. The number of Topliss-reactive ketones (excluding diaryl/α,β-unsaturated/α-hetero) is 4. The summed E-state index contributed by atoms with van der Waals surface area (Å²) in [6.45, 7) is 90.1. The van der Waals surface area contributed by atoms with E-state index >= 15 is 0 Å². The van der Waals surface area contributed by atoms with Crippen LogP contribution in [-0.2, 0) is 62.3 Å². The number of benzene rings is 4. The van der Waals surface area contributed by atoms with Gasteiger partial charge in [0.05, 0.1) is 0 Å². The first-order valence-corrected chi connectivity index (χ1v) is 44.6. The Bertz CT molecular complexity index is 3660. The minimum atomic E-state index is -0.418. The molecule has 4 rings (SSSR count). The molecule has 6 atom stereocenters. The minimum absolute atomic E-state index is 0.00110. The first kappa shape index (κ1) is 108. The number of ether oxygens (including phenoxy) is 4. The molecule has 0 spiro atoms. The predicted molar refractivity (Wildman–Crippen MR) is 504 cm³/mol. The molecule has 656 valence electrons. The third-order valence-electron chi connectivity index (χ3n) is 22.1. The van der Waals surface area contributed by atoms with Crippen LogP contribution in [0, 0.1) is 37.5 Å². The molecule has 8 heteroatoms. The molecule has 0 aromatic heterocycles. The van der Waals surface area contributed by atoms with Crippen LogP contribution in [0.25, 0.3) is 0 Å². The van der Waals surface area contributed by atoms with Gasteiger partial charge in [0.1, 0.15) is 25.4 Å². The number of carbonyl (C=O) groups excluding carboxylic acids is 4. The van der Waals surface area contributed by atoms with E-state index < -0.39 is 12.2 Å².